The zero-order valence-corrected chi connectivity index (χ0v) is 11.4. The van der Waals surface area contributed by atoms with E-state index in [1.54, 1.807) is 7.11 Å². The van der Waals surface area contributed by atoms with Crippen LogP contribution in [0.2, 0.25) is 0 Å². The van der Waals surface area contributed by atoms with Gasteiger partial charge in [0.15, 0.2) is 0 Å². The SMILES string of the molecule is COCC(C)C(CN)N(CC1CC1)CC1CC1. The molecule has 2 N–H and O–H groups in total. The molecule has 0 spiro atoms. The van der Waals surface area contributed by atoms with Crippen molar-refractivity contribution in [2.45, 2.75) is 38.6 Å². The van der Waals surface area contributed by atoms with Crippen molar-refractivity contribution in [1.82, 2.24) is 4.90 Å². The Hall–Kier alpha value is -0.120. The average molecular weight is 240 g/mol. The molecule has 0 heterocycles. The van der Waals surface area contributed by atoms with E-state index in [9.17, 15) is 0 Å². The summed E-state index contributed by atoms with van der Waals surface area (Å²) in [7, 11) is 1.79. The number of nitrogens with zero attached hydrogens (tertiary/aromatic N) is 1. The van der Waals surface area contributed by atoms with Gasteiger partial charge < -0.3 is 10.5 Å². The first-order chi connectivity index (χ1) is 8.24. The minimum absolute atomic E-state index is 0.510. The zero-order valence-electron chi connectivity index (χ0n) is 11.4. The number of hydrogen-bond acceptors (Lipinski definition) is 3. The van der Waals surface area contributed by atoms with Crippen molar-refractivity contribution in [3.05, 3.63) is 0 Å². The molecule has 0 aromatic rings. The smallest absolute Gasteiger partial charge is 0.0503 e. The van der Waals surface area contributed by atoms with E-state index in [0.717, 1.165) is 25.0 Å². The first kappa shape index (κ1) is 13.3. The maximum Gasteiger partial charge on any atom is 0.0503 e. The molecule has 0 aromatic carbocycles. The highest BCUT2D eigenvalue weighted by Gasteiger charge is 2.33. The molecule has 0 bridgehead atoms. The first-order valence-corrected chi connectivity index (χ1v) is 7.17. The van der Waals surface area contributed by atoms with E-state index in [-0.39, 0.29) is 0 Å². The van der Waals surface area contributed by atoms with E-state index in [0.29, 0.717) is 12.0 Å². The maximum absolute atomic E-state index is 6.00. The molecule has 2 atom stereocenters. The number of methoxy groups -OCH3 is 1. The van der Waals surface area contributed by atoms with Gasteiger partial charge in [0.25, 0.3) is 0 Å². The molecule has 0 radical (unpaired) electrons. The topological polar surface area (TPSA) is 38.5 Å². The van der Waals surface area contributed by atoms with E-state index in [4.69, 9.17) is 10.5 Å². The Morgan fingerprint density at radius 1 is 1.18 bits per heavy atom. The number of hydrogen-bond donors (Lipinski definition) is 1. The highest BCUT2D eigenvalue weighted by Crippen LogP contribution is 2.35. The van der Waals surface area contributed by atoms with Crippen LogP contribution in [-0.4, -0.2) is 44.3 Å². The second kappa shape index (κ2) is 6.17. The van der Waals surface area contributed by atoms with Gasteiger partial charge in [-0.05, 0) is 43.4 Å². The molecule has 0 saturated heterocycles. The lowest BCUT2D eigenvalue weighted by Crippen LogP contribution is -2.47. The van der Waals surface area contributed by atoms with Gasteiger partial charge in [0.2, 0.25) is 0 Å². The van der Waals surface area contributed by atoms with Gasteiger partial charge in [-0.1, -0.05) is 6.92 Å². The van der Waals surface area contributed by atoms with E-state index >= 15 is 0 Å². The third-order valence-corrected chi connectivity index (χ3v) is 4.18. The predicted octanol–water partition coefficient (Wildman–Crippen LogP) is 1.72. The fourth-order valence-corrected chi connectivity index (χ4v) is 2.72. The van der Waals surface area contributed by atoms with Crippen LogP contribution < -0.4 is 5.73 Å². The van der Waals surface area contributed by atoms with Crippen molar-refractivity contribution in [2.24, 2.45) is 23.5 Å². The normalized spacial score (nSPS) is 24.0. The summed E-state index contributed by atoms with van der Waals surface area (Å²) < 4.78 is 5.30. The Morgan fingerprint density at radius 3 is 2.06 bits per heavy atom. The summed E-state index contributed by atoms with van der Waals surface area (Å²) in [6.07, 6.45) is 5.71. The molecule has 0 amide bonds. The molecule has 2 aliphatic carbocycles. The van der Waals surface area contributed by atoms with Gasteiger partial charge in [0.05, 0.1) is 6.61 Å². The summed E-state index contributed by atoms with van der Waals surface area (Å²) >= 11 is 0. The molecule has 2 unspecified atom stereocenters. The standard InChI is InChI=1S/C14H28N2O/c1-11(10-17-2)14(7-15)16(8-12-3-4-12)9-13-5-6-13/h11-14H,3-10,15H2,1-2H3. The highest BCUT2D eigenvalue weighted by molar-refractivity contribution is 4.87. The zero-order chi connectivity index (χ0) is 12.3. The first-order valence-electron chi connectivity index (χ1n) is 7.17. The lowest BCUT2D eigenvalue weighted by atomic mass is 10.0. The Balaban J connectivity index is 1.88. The molecule has 2 fully saturated rings. The van der Waals surface area contributed by atoms with E-state index < -0.39 is 0 Å². The second-order valence-electron chi connectivity index (χ2n) is 6.08. The molecule has 2 aliphatic rings. The number of nitrogens with two attached hydrogens (primary N) is 1. The van der Waals surface area contributed by atoms with Crippen LogP contribution in [0, 0.1) is 17.8 Å². The fraction of sp³-hybridized carbons (Fsp3) is 1.00. The summed E-state index contributed by atoms with van der Waals surface area (Å²) in [6.45, 7) is 6.41. The lowest BCUT2D eigenvalue weighted by Gasteiger charge is -2.35. The van der Waals surface area contributed by atoms with E-state index in [2.05, 4.69) is 11.8 Å². The van der Waals surface area contributed by atoms with Gasteiger partial charge in [-0.3, -0.25) is 4.90 Å². The van der Waals surface area contributed by atoms with E-state index in [1.165, 1.54) is 38.8 Å². The second-order valence-corrected chi connectivity index (χ2v) is 6.08. The molecule has 0 aromatic heterocycles. The maximum atomic E-state index is 6.00. The van der Waals surface area contributed by atoms with Crippen molar-refractivity contribution in [3.8, 4) is 0 Å². The van der Waals surface area contributed by atoms with Gasteiger partial charge in [0.1, 0.15) is 0 Å². The Bertz CT molecular complexity index is 212. The van der Waals surface area contributed by atoms with Crippen LogP contribution in [0.5, 0.6) is 0 Å². The largest absolute Gasteiger partial charge is 0.384 e. The summed E-state index contributed by atoms with van der Waals surface area (Å²) in [5, 5.41) is 0. The van der Waals surface area contributed by atoms with Crippen molar-refractivity contribution < 1.29 is 4.74 Å². The monoisotopic (exact) mass is 240 g/mol. The van der Waals surface area contributed by atoms with Crippen LogP contribution in [-0.2, 0) is 4.74 Å². The van der Waals surface area contributed by atoms with Crippen molar-refractivity contribution >= 4 is 0 Å². The minimum Gasteiger partial charge on any atom is -0.384 e. The van der Waals surface area contributed by atoms with Crippen molar-refractivity contribution in [3.63, 3.8) is 0 Å². The molecule has 2 saturated carbocycles. The van der Waals surface area contributed by atoms with Gasteiger partial charge in [-0.15, -0.1) is 0 Å². The van der Waals surface area contributed by atoms with Crippen LogP contribution >= 0.6 is 0 Å². The van der Waals surface area contributed by atoms with Crippen LogP contribution in [0.1, 0.15) is 32.6 Å². The Morgan fingerprint density at radius 2 is 1.71 bits per heavy atom. The molecular formula is C14H28N2O. The molecule has 100 valence electrons. The molecule has 0 aliphatic heterocycles. The molecule has 17 heavy (non-hydrogen) atoms. The molecular weight excluding hydrogens is 212 g/mol. The number of rotatable bonds is 9. The van der Waals surface area contributed by atoms with Crippen LogP contribution in [0.3, 0.4) is 0 Å². The minimum atomic E-state index is 0.510. The van der Waals surface area contributed by atoms with Crippen LogP contribution in [0.25, 0.3) is 0 Å². The summed E-state index contributed by atoms with van der Waals surface area (Å²) in [5.74, 6) is 2.46. The Labute approximate surface area is 106 Å². The van der Waals surface area contributed by atoms with Crippen LogP contribution in [0.15, 0.2) is 0 Å². The average Bonchev–Trinajstić information content (AvgIpc) is 3.14. The van der Waals surface area contributed by atoms with Gasteiger partial charge in [0, 0.05) is 32.8 Å². The van der Waals surface area contributed by atoms with Crippen molar-refractivity contribution in [1.29, 1.82) is 0 Å². The predicted molar refractivity (Wildman–Crippen MR) is 70.9 cm³/mol. The third-order valence-electron chi connectivity index (χ3n) is 4.18. The summed E-state index contributed by atoms with van der Waals surface area (Å²) in [4.78, 5) is 2.67. The fourth-order valence-electron chi connectivity index (χ4n) is 2.72. The molecule has 2 rings (SSSR count). The molecule has 3 nitrogen and oxygen atoms in total. The van der Waals surface area contributed by atoms with Crippen LogP contribution in [0.4, 0.5) is 0 Å². The van der Waals surface area contributed by atoms with Gasteiger partial charge in [-0.25, -0.2) is 0 Å². The quantitative estimate of drug-likeness (QED) is 0.667. The molecule has 3 heteroatoms. The Kier molecular flexibility index (Phi) is 4.83. The summed E-state index contributed by atoms with van der Waals surface area (Å²) in [5.41, 5.74) is 6.00. The lowest BCUT2D eigenvalue weighted by molar-refractivity contribution is 0.0792. The summed E-state index contributed by atoms with van der Waals surface area (Å²) in [6, 6.07) is 0.510. The van der Waals surface area contributed by atoms with Gasteiger partial charge >= 0.3 is 0 Å². The van der Waals surface area contributed by atoms with Crippen molar-refractivity contribution in [2.75, 3.05) is 33.4 Å². The highest BCUT2D eigenvalue weighted by atomic mass is 16.5. The third kappa shape index (κ3) is 4.23. The number of ether oxygens (including phenoxy) is 1. The van der Waals surface area contributed by atoms with E-state index in [1.807, 2.05) is 0 Å². The van der Waals surface area contributed by atoms with Gasteiger partial charge in [-0.2, -0.15) is 0 Å².